The van der Waals surface area contributed by atoms with Gasteiger partial charge < -0.3 is 14.4 Å². The van der Waals surface area contributed by atoms with E-state index in [0.717, 1.165) is 27.7 Å². The maximum Gasteiger partial charge on any atom is 0.326 e. The van der Waals surface area contributed by atoms with Gasteiger partial charge in [0.25, 0.3) is 5.91 Å². The number of carboxylic acids is 1. The van der Waals surface area contributed by atoms with Gasteiger partial charge in [0.1, 0.15) is 11.6 Å². The molecule has 2 heterocycles. The van der Waals surface area contributed by atoms with Crippen LogP contribution in [0.2, 0.25) is 0 Å². The summed E-state index contributed by atoms with van der Waals surface area (Å²) in [5.74, 6) is -1.19. The van der Waals surface area contributed by atoms with Crippen molar-refractivity contribution >= 4 is 22.8 Å². The normalized spacial score (nSPS) is 14.8. The summed E-state index contributed by atoms with van der Waals surface area (Å²) in [7, 11) is 0. The molecule has 1 atom stereocenters. The Labute approximate surface area is 144 Å². The zero-order valence-electron chi connectivity index (χ0n) is 13.7. The zero-order valence-corrected chi connectivity index (χ0v) is 13.7. The third-order valence-electron chi connectivity index (χ3n) is 4.78. The number of para-hydroxylation sites is 1. The SMILES string of the molecule is CCC(C(=O)O)N1Cc2ccc(-c3coc4ccccc34)cc2C1=O. The Bertz CT molecular complexity index is 988. The fourth-order valence-electron chi connectivity index (χ4n) is 3.47. The van der Waals surface area contributed by atoms with Gasteiger partial charge in [-0.25, -0.2) is 4.79 Å². The van der Waals surface area contributed by atoms with Crippen LogP contribution in [0.15, 0.2) is 53.1 Å². The number of carboxylic acid groups (broad SMARTS) is 1. The zero-order chi connectivity index (χ0) is 17.6. The second kappa shape index (κ2) is 5.77. The van der Waals surface area contributed by atoms with Gasteiger partial charge in [0.15, 0.2) is 0 Å². The monoisotopic (exact) mass is 335 g/mol. The predicted molar refractivity (Wildman–Crippen MR) is 93.2 cm³/mol. The molecule has 1 unspecified atom stereocenters. The molecule has 0 fully saturated rings. The van der Waals surface area contributed by atoms with E-state index in [1.807, 2.05) is 42.5 Å². The lowest BCUT2D eigenvalue weighted by molar-refractivity contribution is -0.142. The maximum absolute atomic E-state index is 12.7. The number of hydrogen-bond acceptors (Lipinski definition) is 3. The molecule has 3 aromatic rings. The number of carbonyl (C=O) groups is 2. The van der Waals surface area contributed by atoms with Crippen molar-refractivity contribution < 1.29 is 19.1 Å². The van der Waals surface area contributed by atoms with E-state index in [9.17, 15) is 14.7 Å². The van der Waals surface area contributed by atoms with E-state index in [0.29, 0.717) is 18.5 Å². The third kappa shape index (κ3) is 2.39. The van der Waals surface area contributed by atoms with Crippen LogP contribution in [0.25, 0.3) is 22.1 Å². The number of rotatable bonds is 4. The van der Waals surface area contributed by atoms with Gasteiger partial charge in [-0.1, -0.05) is 37.3 Å². The Balaban J connectivity index is 1.75. The number of amides is 1. The summed E-state index contributed by atoms with van der Waals surface area (Å²) < 4.78 is 5.58. The second-order valence-electron chi connectivity index (χ2n) is 6.21. The van der Waals surface area contributed by atoms with E-state index in [-0.39, 0.29) is 5.91 Å². The molecule has 126 valence electrons. The van der Waals surface area contributed by atoms with E-state index >= 15 is 0 Å². The topological polar surface area (TPSA) is 70.8 Å². The Kier molecular flexibility index (Phi) is 3.57. The molecule has 1 amide bonds. The fraction of sp³-hybridized carbons (Fsp3) is 0.200. The standard InChI is InChI=1S/C20H17NO4/c1-2-17(20(23)24)21-10-13-8-7-12(9-15(13)19(21)22)16-11-25-18-6-4-3-5-14(16)18/h3-9,11,17H,2,10H2,1H3,(H,23,24). The van der Waals surface area contributed by atoms with Gasteiger partial charge in [0, 0.05) is 23.1 Å². The molecule has 2 aromatic carbocycles. The maximum atomic E-state index is 12.7. The van der Waals surface area contributed by atoms with Crippen molar-refractivity contribution in [2.75, 3.05) is 0 Å². The smallest absolute Gasteiger partial charge is 0.326 e. The second-order valence-corrected chi connectivity index (χ2v) is 6.21. The number of aliphatic carboxylic acids is 1. The molecule has 0 saturated carbocycles. The van der Waals surface area contributed by atoms with Crippen LogP contribution >= 0.6 is 0 Å². The van der Waals surface area contributed by atoms with Gasteiger partial charge in [0.2, 0.25) is 0 Å². The van der Waals surface area contributed by atoms with Crippen LogP contribution < -0.4 is 0 Å². The van der Waals surface area contributed by atoms with Crippen LogP contribution in [0.4, 0.5) is 0 Å². The summed E-state index contributed by atoms with van der Waals surface area (Å²) in [6, 6.07) is 12.6. The molecule has 1 aliphatic rings. The van der Waals surface area contributed by atoms with Crippen molar-refractivity contribution in [3.8, 4) is 11.1 Å². The molecule has 5 nitrogen and oxygen atoms in total. The van der Waals surface area contributed by atoms with Gasteiger partial charge >= 0.3 is 5.97 Å². The van der Waals surface area contributed by atoms with Gasteiger partial charge in [-0.3, -0.25) is 4.79 Å². The van der Waals surface area contributed by atoms with Crippen LogP contribution in [0, 0.1) is 0 Å². The largest absolute Gasteiger partial charge is 0.480 e. The van der Waals surface area contributed by atoms with E-state index in [1.165, 1.54) is 4.90 Å². The molecule has 5 heteroatoms. The van der Waals surface area contributed by atoms with Gasteiger partial charge in [0.05, 0.1) is 6.26 Å². The molecule has 0 spiro atoms. The molecule has 0 aliphatic carbocycles. The lowest BCUT2D eigenvalue weighted by atomic mass is 10.00. The number of fused-ring (bicyclic) bond motifs is 2. The van der Waals surface area contributed by atoms with Crippen LogP contribution in [0.5, 0.6) is 0 Å². The molecular formula is C20H17NO4. The summed E-state index contributed by atoms with van der Waals surface area (Å²) in [6.45, 7) is 2.11. The number of benzene rings is 2. The van der Waals surface area contributed by atoms with Crippen molar-refractivity contribution in [1.29, 1.82) is 0 Å². The number of furan rings is 1. The summed E-state index contributed by atoms with van der Waals surface area (Å²) >= 11 is 0. The summed E-state index contributed by atoms with van der Waals surface area (Å²) in [5, 5.41) is 10.3. The fourth-order valence-corrected chi connectivity index (χ4v) is 3.47. The molecule has 4 rings (SSSR count). The first-order valence-electron chi connectivity index (χ1n) is 8.23. The minimum Gasteiger partial charge on any atom is -0.480 e. The summed E-state index contributed by atoms with van der Waals surface area (Å²) in [5.41, 5.74) is 4.05. The lowest BCUT2D eigenvalue weighted by Gasteiger charge is -2.22. The molecule has 0 bridgehead atoms. The van der Waals surface area contributed by atoms with Crippen LogP contribution in [0.1, 0.15) is 29.3 Å². The van der Waals surface area contributed by atoms with Gasteiger partial charge in [-0.05, 0) is 29.7 Å². The Hall–Kier alpha value is -3.08. The van der Waals surface area contributed by atoms with E-state index in [2.05, 4.69) is 0 Å². The first-order chi connectivity index (χ1) is 12.1. The number of hydrogen-bond donors (Lipinski definition) is 1. The minimum absolute atomic E-state index is 0.223. The van der Waals surface area contributed by atoms with Crippen molar-refractivity contribution in [2.45, 2.75) is 25.9 Å². The molecule has 0 radical (unpaired) electrons. The molecule has 1 aliphatic heterocycles. The molecular weight excluding hydrogens is 318 g/mol. The van der Waals surface area contributed by atoms with E-state index < -0.39 is 12.0 Å². The van der Waals surface area contributed by atoms with E-state index in [1.54, 1.807) is 13.2 Å². The predicted octanol–water partition coefficient (Wildman–Crippen LogP) is 3.92. The first kappa shape index (κ1) is 15.4. The van der Waals surface area contributed by atoms with Gasteiger partial charge in [-0.2, -0.15) is 0 Å². The van der Waals surface area contributed by atoms with Crippen LogP contribution in [-0.2, 0) is 11.3 Å². The number of carbonyl (C=O) groups excluding carboxylic acids is 1. The highest BCUT2D eigenvalue weighted by molar-refractivity contribution is 6.02. The average Bonchev–Trinajstić information content (AvgIpc) is 3.17. The Morgan fingerprint density at radius 3 is 2.80 bits per heavy atom. The van der Waals surface area contributed by atoms with Crippen molar-refractivity contribution in [1.82, 2.24) is 4.90 Å². The quantitative estimate of drug-likeness (QED) is 0.784. The number of nitrogens with zero attached hydrogens (tertiary/aromatic N) is 1. The first-order valence-corrected chi connectivity index (χ1v) is 8.23. The Morgan fingerprint density at radius 1 is 1.24 bits per heavy atom. The molecule has 1 N–H and O–H groups in total. The minimum atomic E-state index is -0.968. The van der Waals surface area contributed by atoms with E-state index in [4.69, 9.17) is 4.42 Å². The third-order valence-corrected chi connectivity index (χ3v) is 4.78. The van der Waals surface area contributed by atoms with Crippen molar-refractivity contribution in [2.24, 2.45) is 0 Å². The highest BCUT2D eigenvalue weighted by Crippen LogP contribution is 2.34. The van der Waals surface area contributed by atoms with Crippen molar-refractivity contribution in [3.05, 3.63) is 59.9 Å². The molecule has 1 aromatic heterocycles. The van der Waals surface area contributed by atoms with Crippen LogP contribution in [-0.4, -0.2) is 27.9 Å². The molecule has 25 heavy (non-hydrogen) atoms. The average molecular weight is 335 g/mol. The van der Waals surface area contributed by atoms with Crippen LogP contribution in [0.3, 0.4) is 0 Å². The molecule has 0 saturated heterocycles. The Morgan fingerprint density at radius 2 is 2.04 bits per heavy atom. The summed E-state index contributed by atoms with van der Waals surface area (Å²) in [6.07, 6.45) is 2.07. The van der Waals surface area contributed by atoms with Gasteiger partial charge in [-0.15, -0.1) is 0 Å². The lowest BCUT2D eigenvalue weighted by Crippen LogP contribution is -2.40. The summed E-state index contributed by atoms with van der Waals surface area (Å²) in [4.78, 5) is 25.6. The highest BCUT2D eigenvalue weighted by atomic mass is 16.4. The highest BCUT2D eigenvalue weighted by Gasteiger charge is 2.35. The van der Waals surface area contributed by atoms with Crippen molar-refractivity contribution in [3.63, 3.8) is 0 Å².